The van der Waals surface area contributed by atoms with Crippen LogP contribution >= 0.6 is 0 Å². The molecule has 0 bridgehead atoms. The van der Waals surface area contributed by atoms with E-state index in [1.165, 1.54) is 10.8 Å². The molecule has 0 amide bonds. The van der Waals surface area contributed by atoms with Gasteiger partial charge in [-0.3, -0.25) is 0 Å². The number of aromatic nitrogens is 4. The summed E-state index contributed by atoms with van der Waals surface area (Å²) in [7, 11) is 0. The first-order chi connectivity index (χ1) is 25.3. The maximum absolute atomic E-state index is 6.66. The van der Waals surface area contributed by atoms with E-state index in [1.54, 1.807) is 0 Å². The maximum Gasteiger partial charge on any atom is 0.164 e. The van der Waals surface area contributed by atoms with Gasteiger partial charge >= 0.3 is 0 Å². The SMILES string of the molecule is c1ccc(-c2nc(-c3ccc4c(c3)oc3ccccc34)nc(-c3ccc4oc5c(-n6c7ccccc7c7ccccc76)cccc5c4c3)n2)cc1. The highest BCUT2D eigenvalue weighted by Gasteiger charge is 2.19. The Morgan fingerprint density at radius 2 is 0.922 bits per heavy atom. The predicted molar refractivity (Wildman–Crippen MR) is 205 cm³/mol. The van der Waals surface area contributed by atoms with Gasteiger partial charge in [0.15, 0.2) is 23.1 Å². The predicted octanol–water partition coefficient (Wildman–Crippen LogP) is 11.8. The molecular formula is C45H26N4O2. The molecule has 7 aromatic carbocycles. The molecule has 0 spiro atoms. The smallest absolute Gasteiger partial charge is 0.164 e. The van der Waals surface area contributed by atoms with Crippen LogP contribution < -0.4 is 0 Å². The summed E-state index contributed by atoms with van der Waals surface area (Å²) in [5.41, 5.74) is 9.20. The van der Waals surface area contributed by atoms with Gasteiger partial charge < -0.3 is 13.4 Å². The first kappa shape index (κ1) is 27.9. The van der Waals surface area contributed by atoms with Crippen LogP contribution in [0.4, 0.5) is 0 Å². The average molecular weight is 655 g/mol. The normalized spacial score (nSPS) is 11.9. The molecule has 0 aliphatic rings. The second-order valence-corrected chi connectivity index (χ2v) is 12.8. The summed E-state index contributed by atoms with van der Waals surface area (Å²) < 4.78 is 15.2. The first-order valence-electron chi connectivity index (χ1n) is 16.9. The van der Waals surface area contributed by atoms with Gasteiger partial charge in [0, 0.05) is 49.0 Å². The van der Waals surface area contributed by atoms with Gasteiger partial charge in [0.25, 0.3) is 0 Å². The van der Waals surface area contributed by atoms with Crippen LogP contribution in [0.25, 0.3) is 106 Å². The molecule has 0 radical (unpaired) electrons. The standard InChI is InChI=1S/C45H26N4O2/c1-2-11-27(12-3-1)43-46-44(48-45(47-43)29-21-23-33-32-15-6-9-20-39(32)50-41(33)26-29)28-22-24-40-35(25-28)34-16-10-19-38(42(34)51-40)49-36-17-7-4-13-30(36)31-14-5-8-18-37(31)49/h1-26H. The molecule has 0 N–H and O–H groups in total. The summed E-state index contributed by atoms with van der Waals surface area (Å²) in [6, 6.07) is 53.9. The van der Waals surface area contributed by atoms with Crippen molar-refractivity contribution in [2.45, 2.75) is 0 Å². The van der Waals surface area contributed by atoms with Crippen molar-refractivity contribution in [1.29, 1.82) is 0 Å². The molecule has 4 aromatic heterocycles. The number of benzene rings is 7. The highest BCUT2D eigenvalue weighted by molar-refractivity contribution is 6.13. The Labute approximate surface area is 290 Å². The van der Waals surface area contributed by atoms with Crippen LogP contribution in [-0.2, 0) is 0 Å². The lowest BCUT2D eigenvalue weighted by molar-refractivity contribution is 0.666. The Bertz CT molecular complexity index is 3100. The molecule has 0 saturated carbocycles. The first-order valence-corrected chi connectivity index (χ1v) is 16.9. The highest BCUT2D eigenvalue weighted by Crippen LogP contribution is 2.39. The van der Waals surface area contributed by atoms with E-state index < -0.39 is 0 Å². The quantitative estimate of drug-likeness (QED) is 0.189. The number of para-hydroxylation sites is 4. The van der Waals surface area contributed by atoms with Crippen LogP contribution in [-0.4, -0.2) is 19.5 Å². The number of furan rings is 2. The summed E-state index contributed by atoms with van der Waals surface area (Å²) in [6.07, 6.45) is 0. The Morgan fingerprint density at radius 3 is 1.69 bits per heavy atom. The third-order valence-electron chi connectivity index (χ3n) is 9.86. The molecule has 6 nitrogen and oxygen atoms in total. The van der Waals surface area contributed by atoms with E-state index in [0.29, 0.717) is 17.5 Å². The minimum Gasteiger partial charge on any atom is -0.456 e. The van der Waals surface area contributed by atoms with Gasteiger partial charge in [0.2, 0.25) is 0 Å². The number of rotatable bonds is 4. The Morgan fingerprint density at radius 1 is 0.353 bits per heavy atom. The summed E-state index contributed by atoms with van der Waals surface area (Å²) in [6.45, 7) is 0. The fourth-order valence-corrected chi connectivity index (χ4v) is 7.50. The largest absolute Gasteiger partial charge is 0.456 e. The minimum absolute atomic E-state index is 0.576. The van der Waals surface area contributed by atoms with E-state index in [0.717, 1.165) is 77.3 Å². The van der Waals surface area contributed by atoms with Crippen LogP contribution in [0.2, 0.25) is 0 Å². The fraction of sp³-hybridized carbons (Fsp3) is 0. The van der Waals surface area contributed by atoms with Crippen molar-refractivity contribution in [3.05, 3.63) is 158 Å². The van der Waals surface area contributed by atoms with Crippen molar-refractivity contribution in [3.63, 3.8) is 0 Å². The van der Waals surface area contributed by atoms with Crippen LogP contribution in [0.15, 0.2) is 167 Å². The van der Waals surface area contributed by atoms with Crippen LogP contribution in [0.1, 0.15) is 0 Å². The Kier molecular flexibility index (Phi) is 5.86. The molecule has 238 valence electrons. The van der Waals surface area contributed by atoms with E-state index >= 15 is 0 Å². The van der Waals surface area contributed by atoms with Gasteiger partial charge in [0.05, 0.1) is 16.7 Å². The number of nitrogens with zero attached hydrogens (tertiary/aromatic N) is 4. The molecular weight excluding hydrogens is 629 g/mol. The third kappa shape index (κ3) is 4.26. The summed E-state index contributed by atoms with van der Waals surface area (Å²) >= 11 is 0. The number of hydrogen-bond donors (Lipinski definition) is 0. The Balaban J connectivity index is 1.10. The van der Waals surface area contributed by atoms with Gasteiger partial charge in [-0.15, -0.1) is 0 Å². The van der Waals surface area contributed by atoms with Crippen molar-refractivity contribution < 1.29 is 8.83 Å². The van der Waals surface area contributed by atoms with Crippen molar-refractivity contribution >= 4 is 65.7 Å². The van der Waals surface area contributed by atoms with Crippen molar-refractivity contribution in [1.82, 2.24) is 19.5 Å². The molecule has 0 unspecified atom stereocenters. The topological polar surface area (TPSA) is 69.9 Å². The third-order valence-corrected chi connectivity index (χ3v) is 9.86. The van der Waals surface area contributed by atoms with Crippen molar-refractivity contribution in [2.24, 2.45) is 0 Å². The van der Waals surface area contributed by atoms with Crippen LogP contribution in [0.5, 0.6) is 0 Å². The summed E-state index contributed by atoms with van der Waals surface area (Å²) in [5, 5.41) is 6.59. The molecule has 11 aromatic rings. The summed E-state index contributed by atoms with van der Waals surface area (Å²) in [5.74, 6) is 1.76. The summed E-state index contributed by atoms with van der Waals surface area (Å²) in [4.78, 5) is 15.0. The van der Waals surface area contributed by atoms with Gasteiger partial charge in [-0.25, -0.2) is 15.0 Å². The monoisotopic (exact) mass is 654 g/mol. The molecule has 0 aliphatic heterocycles. The molecule has 0 fully saturated rings. The van der Waals surface area contributed by atoms with Gasteiger partial charge in [0.1, 0.15) is 16.7 Å². The van der Waals surface area contributed by atoms with E-state index in [2.05, 4.69) is 95.6 Å². The van der Waals surface area contributed by atoms with E-state index in [1.807, 2.05) is 66.7 Å². The molecule has 51 heavy (non-hydrogen) atoms. The number of hydrogen-bond acceptors (Lipinski definition) is 5. The molecule has 0 saturated heterocycles. The van der Waals surface area contributed by atoms with Crippen LogP contribution in [0, 0.1) is 0 Å². The lowest BCUT2D eigenvalue weighted by atomic mass is 10.1. The highest BCUT2D eigenvalue weighted by atomic mass is 16.3. The molecule has 0 aliphatic carbocycles. The zero-order valence-corrected chi connectivity index (χ0v) is 27.1. The average Bonchev–Trinajstić information content (AvgIpc) is 3.87. The second-order valence-electron chi connectivity index (χ2n) is 12.8. The zero-order chi connectivity index (χ0) is 33.5. The minimum atomic E-state index is 0.576. The van der Waals surface area contributed by atoms with Crippen molar-refractivity contribution in [2.75, 3.05) is 0 Å². The lowest BCUT2D eigenvalue weighted by Crippen LogP contribution is -2.00. The van der Waals surface area contributed by atoms with E-state index in [4.69, 9.17) is 23.8 Å². The Hall–Kier alpha value is -7.05. The van der Waals surface area contributed by atoms with Gasteiger partial charge in [-0.05, 0) is 54.6 Å². The van der Waals surface area contributed by atoms with Crippen molar-refractivity contribution in [3.8, 4) is 39.9 Å². The maximum atomic E-state index is 6.66. The molecule has 0 atom stereocenters. The van der Waals surface area contributed by atoms with Gasteiger partial charge in [-0.1, -0.05) is 103 Å². The van der Waals surface area contributed by atoms with E-state index in [9.17, 15) is 0 Å². The van der Waals surface area contributed by atoms with Gasteiger partial charge in [-0.2, -0.15) is 0 Å². The number of fused-ring (bicyclic) bond motifs is 9. The zero-order valence-electron chi connectivity index (χ0n) is 27.1. The molecule has 11 rings (SSSR count). The molecule has 6 heteroatoms. The molecule has 4 heterocycles. The fourth-order valence-electron chi connectivity index (χ4n) is 7.50. The second kappa shape index (κ2) is 10.7. The lowest BCUT2D eigenvalue weighted by Gasteiger charge is -2.09. The van der Waals surface area contributed by atoms with Crippen LogP contribution in [0.3, 0.4) is 0 Å². The van der Waals surface area contributed by atoms with E-state index in [-0.39, 0.29) is 0 Å².